The number of carbonyl (C=O) groups excluding carboxylic acids is 4. The van der Waals surface area contributed by atoms with Gasteiger partial charge in [0.2, 0.25) is 11.6 Å². The average molecular weight is 1070 g/mol. The van der Waals surface area contributed by atoms with Gasteiger partial charge in [0.25, 0.3) is 0 Å². The van der Waals surface area contributed by atoms with Crippen molar-refractivity contribution in [2.45, 2.75) is 75.9 Å². The lowest BCUT2D eigenvalue weighted by Crippen LogP contribution is -2.57. The first-order valence-electron chi connectivity index (χ1n) is 24.4. The van der Waals surface area contributed by atoms with Crippen LogP contribution < -0.4 is 30.4 Å². The highest BCUT2D eigenvalue weighted by atomic mass is 19.4. The standard InChI is InChI=1S/C59H56F6N2O10/c60-57(61,62)33-1-3-35-74-49-28-15-44(16-29-49)54(70)76-51-24-10-40(11-25-51)9-23-48(68)39-56(37-42-5-19-46(66)20-6-42,38-43-7-21-47(67)22-8-43)59(72,73)53(69)32-14-41-12-26-52(27-13-41)77-55(71)45-17-30-50(31-18-45)75-36-4-2-34-58(63,64)65/h5-32,72-73H,1-4,33-39,66-67H2. The molecule has 18 heteroatoms. The Hall–Kier alpha value is -8.22. The van der Waals surface area contributed by atoms with Gasteiger partial charge >= 0.3 is 24.3 Å². The molecule has 0 saturated heterocycles. The number of hydrogen-bond donors (Lipinski definition) is 4. The third kappa shape index (κ3) is 18.5. The zero-order chi connectivity index (χ0) is 55.6. The van der Waals surface area contributed by atoms with Crippen LogP contribution in [0.1, 0.15) is 87.9 Å². The number of aliphatic hydroxyl groups is 2. The van der Waals surface area contributed by atoms with Crippen LogP contribution in [0.5, 0.6) is 23.0 Å². The number of hydrogen-bond acceptors (Lipinski definition) is 12. The van der Waals surface area contributed by atoms with E-state index in [1.807, 2.05) is 0 Å². The van der Waals surface area contributed by atoms with Crippen molar-refractivity contribution in [3.63, 3.8) is 0 Å². The molecule has 0 aromatic heterocycles. The molecule has 0 spiro atoms. The summed E-state index contributed by atoms with van der Waals surface area (Å²) in [6, 6.07) is 37.0. The molecule has 0 saturated carbocycles. The number of esters is 2. The number of benzene rings is 6. The predicted molar refractivity (Wildman–Crippen MR) is 278 cm³/mol. The van der Waals surface area contributed by atoms with Gasteiger partial charge in [-0.25, -0.2) is 9.59 Å². The highest BCUT2D eigenvalue weighted by Gasteiger charge is 2.54. The van der Waals surface area contributed by atoms with Gasteiger partial charge in [-0.2, -0.15) is 26.3 Å². The minimum Gasteiger partial charge on any atom is -0.494 e. The van der Waals surface area contributed by atoms with Crippen molar-refractivity contribution >= 4 is 47.0 Å². The van der Waals surface area contributed by atoms with Gasteiger partial charge < -0.3 is 40.6 Å². The van der Waals surface area contributed by atoms with E-state index in [0.29, 0.717) is 45.1 Å². The van der Waals surface area contributed by atoms with E-state index in [1.165, 1.54) is 103 Å². The Bertz CT molecular complexity index is 2910. The molecule has 0 aliphatic heterocycles. The predicted octanol–water partition coefficient (Wildman–Crippen LogP) is 11.9. The SMILES string of the molecule is Nc1ccc(CC(CC(=O)C=Cc2ccc(OC(=O)c3ccc(OCCCCC(F)(F)F)cc3)cc2)(Cc2ccc(N)cc2)C(O)(O)C(=O)C=Cc2ccc(OC(=O)c3ccc(OCCCCC(F)(F)F)cc3)cc2)cc1. The van der Waals surface area contributed by atoms with Gasteiger partial charge in [0.15, 0.2) is 5.78 Å². The van der Waals surface area contributed by atoms with E-state index in [0.717, 1.165) is 6.08 Å². The summed E-state index contributed by atoms with van der Waals surface area (Å²) in [4.78, 5) is 54.1. The van der Waals surface area contributed by atoms with E-state index >= 15 is 0 Å². The van der Waals surface area contributed by atoms with E-state index in [1.54, 1.807) is 60.7 Å². The van der Waals surface area contributed by atoms with Gasteiger partial charge in [-0.3, -0.25) is 9.59 Å². The van der Waals surface area contributed by atoms with Crippen LogP contribution in [0.4, 0.5) is 37.7 Å². The number of unbranched alkanes of at least 4 members (excludes halogenated alkanes) is 2. The monoisotopic (exact) mass is 1070 g/mol. The van der Waals surface area contributed by atoms with Crippen LogP contribution in [0.15, 0.2) is 158 Å². The third-order valence-corrected chi connectivity index (χ3v) is 12.1. The maximum Gasteiger partial charge on any atom is 0.389 e. The van der Waals surface area contributed by atoms with E-state index in [4.69, 9.17) is 30.4 Å². The Morgan fingerprint density at radius 2 is 0.831 bits per heavy atom. The van der Waals surface area contributed by atoms with E-state index < -0.39 is 66.3 Å². The molecular formula is C59H56F6N2O10. The summed E-state index contributed by atoms with van der Waals surface area (Å²) in [5.41, 5.74) is 13.3. The maximum absolute atomic E-state index is 14.2. The summed E-state index contributed by atoms with van der Waals surface area (Å²) < 4.78 is 96.3. The Balaban J connectivity index is 1.13. The fourth-order valence-electron chi connectivity index (χ4n) is 7.98. The van der Waals surface area contributed by atoms with Crippen molar-refractivity contribution in [3.8, 4) is 23.0 Å². The molecule has 0 radical (unpaired) electrons. The summed E-state index contributed by atoms with van der Waals surface area (Å²) in [6.45, 7) is 0.154. The molecule has 0 atom stereocenters. The second-order valence-corrected chi connectivity index (χ2v) is 18.3. The number of halogens is 6. The largest absolute Gasteiger partial charge is 0.494 e. The maximum atomic E-state index is 14.2. The first-order chi connectivity index (χ1) is 36.5. The summed E-state index contributed by atoms with van der Waals surface area (Å²) >= 11 is 0. The number of allylic oxidation sites excluding steroid dienone is 1. The van der Waals surface area contributed by atoms with E-state index in [9.17, 15) is 55.7 Å². The lowest BCUT2D eigenvalue weighted by Gasteiger charge is -2.42. The third-order valence-electron chi connectivity index (χ3n) is 12.1. The van der Waals surface area contributed by atoms with Gasteiger partial charge in [0, 0.05) is 36.1 Å². The summed E-state index contributed by atoms with van der Waals surface area (Å²) in [6.07, 6.45) is -5.87. The Kier molecular flexibility index (Phi) is 20.0. The normalized spacial score (nSPS) is 12.2. The molecule has 6 rings (SSSR count). The first-order valence-corrected chi connectivity index (χ1v) is 24.4. The van der Waals surface area contributed by atoms with Crippen molar-refractivity contribution in [2.24, 2.45) is 5.41 Å². The lowest BCUT2D eigenvalue weighted by atomic mass is 9.65. The number of nitrogens with two attached hydrogens (primary N) is 2. The highest BCUT2D eigenvalue weighted by Crippen LogP contribution is 2.43. The Morgan fingerprint density at radius 1 is 0.468 bits per heavy atom. The second-order valence-electron chi connectivity index (χ2n) is 18.3. The van der Waals surface area contributed by atoms with Crippen LogP contribution >= 0.6 is 0 Å². The number of ether oxygens (including phenoxy) is 4. The molecule has 6 aromatic carbocycles. The summed E-state index contributed by atoms with van der Waals surface area (Å²) in [7, 11) is 0. The van der Waals surface area contributed by atoms with Crippen molar-refractivity contribution in [1.82, 2.24) is 0 Å². The van der Waals surface area contributed by atoms with Crippen molar-refractivity contribution in [1.29, 1.82) is 0 Å². The molecule has 0 bridgehead atoms. The number of alkyl halides is 6. The summed E-state index contributed by atoms with van der Waals surface area (Å²) in [5, 5.41) is 24.4. The Labute approximate surface area is 440 Å². The highest BCUT2D eigenvalue weighted by molar-refractivity contribution is 6.01. The van der Waals surface area contributed by atoms with Crippen molar-refractivity contribution in [2.75, 3.05) is 24.7 Å². The quantitative estimate of drug-likeness (QED) is 0.00764. The number of anilines is 2. The molecule has 6 aromatic rings. The van der Waals surface area contributed by atoms with Gasteiger partial charge in [-0.1, -0.05) is 60.7 Å². The second kappa shape index (κ2) is 26.5. The zero-order valence-electron chi connectivity index (χ0n) is 41.5. The van der Waals surface area contributed by atoms with Crippen LogP contribution in [0.2, 0.25) is 0 Å². The lowest BCUT2D eigenvalue weighted by molar-refractivity contribution is -0.230. The van der Waals surface area contributed by atoms with Gasteiger partial charge in [-0.15, -0.1) is 0 Å². The number of ketones is 2. The molecule has 0 amide bonds. The van der Waals surface area contributed by atoms with Crippen LogP contribution in [0.3, 0.4) is 0 Å². The van der Waals surface area contributed by atoms with Crippen molar-refractivity contribution < 1.29 is 74.7 Å². The van der Waals surface area contributed by atoms with Gasteiger partial charge in [0.1, 0.15) is 23.0 Å². The Morgan fingerprint density at radius 3 is 1.21 bits per heavy atom. The van der Waals surface area contributed by atoms with Crippen molar-refractivity contribution in [3.05, 3.63) is 191 Å². The first kappa shape index (κ1) is 58.0. The fraction of sp³-hybridized carbons (Fsp3) is 0.254. The molecule has 0 fully saturated rings. The summed E-state index contributed by atoms with van der Waals surface area (Å²) in [5.74, 6) is -5.22. The minimum atomic E-state index is -4.23. The molecule has 0 aliphatic carbocycles. The molecule has 0 aliphatic rings. The number of rotatable bonds is 26. The zero-order valence-corrected chi connectivity index (χ0v) is 41.5. The average Bonchev–Trinajstić information content (AvgIpc) is 3.39. The molecule has 0 unspecified atom stereocenters. The fourth-order valence-corrected chi connectivity index (χ4v) is 7.98. The molecule has 0 heterocycles. The smallest absolute Gasteiger partial charge is 0.389 e. The van der Waals surface area contributed by atoms with Crippen LogP contribution in [-0.2, 0) is 22.4 Å². The minimum absolute atomic E-state index is 0.0659. The van der Waals surface area contributed by atoms with Crippen LogP contribution in [0, 0.1) is 5.41 Å². The van der Waals surface area contributed by atoms with Gasteiger partial charge in [0.05, 0.1) is 24.3 Å². The molecule has 404 valence electrons. The van der Waals surface area contributed by atoms with Crippen LogP contribution in [0.25, 0.3) is 12.2 Å². The number of nitrogen functional groups attached to an aromatic ring is 2. The molecule has 12 nitrogen and oxygen atoms in total. The van der Waals surface area contributed by atoms with Crippen LogP contribution in [-0.4, -0.2) is 65.1 Å². The van der Waals surface area contributed by atoms with E-state index in [-0.39, 0.29) is 74.4 Å². The molecular weight excluding hydrogens is 1010 g/mol. The molecule has 6 N–H and O–H groups in total. The number of carbonyl (C=O) groups is 4. The molecule has 77 heavy (non-hydrogen) atoms. The van der Waals surface area contributed by atoms with E-state index in [2.05, 4.69) is 0 Å². The topological polar surface area (TPSA) is 198 Å². The van der Waals surface area contributed by atoms with Gasteiger partial charge in [-0.05, 0) is 170 Å².